The summed E-state index contributed by atoms with van der Waals surface area (Å²) in [5.41, 5.74) is 8.27. The Bertz CT molecular complexity index is 3490. The molecule has 0 amide bonds. The molecule has 0 aliphatic carbocycles. The van der Waals surface area contributed by atoms with Crippen LogP contribution < -0.4 is 15.3 Å². The molecule has 5 nitrogen and oxygen atoms in total. The highest BCUT2D eigenvalue weighted by molar-refractivity contribution is 7.81. The maximum atomic E-state index is 17.0. The molecule has 0 saturated carbocycles. The van der Waals surface area contributed by atoms with E-state index in [1.54, 1.807) is 0 Å². The zero-order chi connectivity index (χ0) is 38.4. The van der Waals surface area contributed by atoms with Crippen LogP contribution in [0.25, 0.3) is 82.6 Å². The minimum absolute atomic E-state index is 0.549. The first-order valence-corrected chi connectivity index (χ1v) is 21.2. The molecule has 2 aromatic heterocycles. The summed E-state index contributed by atoms with van der Waals surface area (Å²) in [7, 11) is -3.65. The Kier molecular flexibility index (Phi) is 7.14. The third-order valence-electron chi connectivity index (χ3n) is 11.7. The molecular weight excluding hydrogens is 728 g/mol. The molecule has 12 rings (SSSR count). The van der Waals surface area contributed by atoms with Gasteiger partial charge in [-0.25, -0.2) is 9.97 Å². The molecule has 9 aromatic carbocycles. The SMILES string of the molecule is O=P1(c2ccccc2)c2ccc3ccccc3c2-c2ccc3c4c5ccccc5ccc4n(-c4nc(-c5ccccc5)c5ccccc5n4)c3c2N1c1ccccc1. The number of fused-ring (bicyclic) bond motifs is 12. The van der Waals surface area contributed by atoms with E-state index in [0.717, 1.165) is 98.6 Å². The standard InChI is InChI=1S/C52H33N4OP/c57-58(38-22-8-3-9-23-38)46-33-29-35-17-11-13-25-40(35)48(46)43-31-30-42-47-39-24-12-10-16-34(39)28-32-45(47)55(50(42)51(43)56(58)37-20-6-2-7-21-37)52-53-44-27-15-14-26-41(44)49(54-52)36-18-4-1-5-19-36/h1-33H. The third-order valence-corrected chi connectivity index (χ3v) is 14.8. The van der Waals surface area contributed by atoms with Crippen molar-refractivity contribution in [2.45, 2.75) is 0 Å². The van der Waals surface area contributed by atoms with Crippen molar-refractivity contribution in [2.24, 2.45) is 0 Å². The summed E-state index contributed by atoms with van der Waals surface area (Å²) in [6.45, 7) is 0. The Morgan fingerprint density at radius 1 is 0.483 bits per heavy atom. The number of nitrogens with zero attached hydrogens (tertiary/aromatic N) is 4. The molecule has 1 aliphatic heterocycles. The molecule has 1 aliphatic rings. The first-order chi connectivity index (χ1) is 28.7. The van der Waals surface area contributed by atoms with Gasteiger partial charge in [0.2, 0.25) is 13.2 Å². The molecule has 11 aromatic rings. The van der Waals surface area contributed by atoms with Crippen molar-refractivity contribution >= 4 is 83.5 Å². The molecule has 0 spiro atoms. The van der Waals surface area contributed by atoms with Gasteiger partial charge in [0.25, 0.3) is 0 Å². The fourth-order valence-electron chi connectivity index (χ4n) is 9.25. The van der Waals surface area contributed by atoms with Gasteiger partial charge in [-0.3, -0.25) is 13.8 Å². The molecule has 1 unspecified atom stereocenters. The summed E-state index contributed by atoms with van der Waals surface area (Å²) < 4.78 is 21.4. The van der Waals surface area contributed by atoms with Crippen molar-refractivity contribution < 1.29 is 4.57 Å². The van der Waals surface area contributed by atoms with Gasteiger partial charge in [-0.15, -0.1) is 0 Å². The lowest BCUT2D eigenvalue weighted by Gasteiger charge is -2.41. The van der Waals surface area contributed by atoms with E-state index in [0.29, 0.717) is 5.95 Å². The Labute approximate surface area is 334 Å². The van der Waals surface area contributed by atoms with Gasteiger partial charge in [0.1, 0.15) is 0 Å². The van der Waals surface area contributed by atoms with Gasteiger partial charge < -0.3 is 0 Å². The molecule has 0 saturated heterocycles. The maximum absolute atomic E-state index is 17.0. The fourth-order valence-corrected chi connectivity index (χ4v) is 12.3. The highest BCUT2D eigenvalue weighted by Crippen LogP contribution is 2.64. The highest BCUT2D eigenvalue weighted by atomic mass is 31.2. The summed E-state index contributed by atoms with van der Waals surface area (Å²) in [5.74, 6) is 0.549. The van der Waals surface area contributed by atoms with Gasteiger partial charge >= 0.3 is 0 Å². The van der Waals surface area contributed by atoms with Crippen LogP contribution in [0.1, 0.15) is 0 Å². The second-order valence-electron chi connectivity index (χ2n) is 14.9. The molecule has 6 heteroatoms. The van der Waals surface area contributed by atoms with Gasteiger partial charge in [-0.2, -0.15) is 0 Å². The second kappa shape index (κ2) is 12.6. The van der Waals surface area contributed by atoms with E-state index >= 15 is 4.57 Å². The average Bonchev–Trinajstić information content (AvgIpc) is 3.64. The minimum atomic E-state index is -3.65. The summed E-state index contributed by atoms with van der Waals surface area (Å²) in [4.78, 5) is 10.9. The summed E-state index contributed by atoms with van der Waals surface area (Å²) in [6.07, 6.45) is 0. The van der Waals surface area contributed by atoms with Gasteiger partial charge in [0, 0.05) is 49.1 Å². The molecule has 1 atom stereocenters. The maximum Gasteiger partial charge on any atom is 0.235 e. The van der Waals surface area contributed by atoms with Crippen molar-refractivity contribution in [3.63, 3.8) is 0 Å². The molecule has 0 bridgehead atoms. The van der Waals surface area contributed by atoms with Crippen molar-refractivity contribution in [1.82, 2.24) is 14.5 Å². The number of hydrogen-bond acceptors (Lipinski definition) is 3. The first kappa shape index (κ1) is 32.9. The first-order valence-electron chi connectivity index (χ1n) is 19.5. The Morgan fingerprint density at radius 2 is 1.10 bits per heavy atom. The molecule has 0 fully saturated rings. The Morgan fingerprint density at radius 3 is 1.88 bits per heavy atom. The molecule has 272 valence electrons. The van der Waals surface area contributed by atoms with E-state index in [4.69, 9.17) is 9.97 Å². The van der Waals surface area contributed by atoms with E-state index in [9.17, 15) is 0 Å². The third kappa shape index (κ3) is 4.62. The number of rotatable bonds is 4. The van der Waals surface area contributed by atoms with Crippen molar-refractivity contribution in [1.29, 1.82) is 0 Å². The number of hydrogen-bond donors (Lipinski definition) is 0. The van der Waals surface area contributed by atoms with Crippen molar-refractivity contribution in [3.8, 4) is 28.3 Å². The van der Waals surface area contributed by atoms with E-state index < -0.39 is 7.29 Å². The van der Waals surface area contributed by atoms with Crippen LogP contribution in [0.4, 0.5) is 11.4 Å². The van der Waals surface area contributed by atoms with Crippen LogP contribution in [0.5, 0.6) is 0 Å². The van der Waals surface area contributed by atoms with Gasteiger partial charge in [0.15, 0.2) is 0 Å². The largest absolute Gasteiger partial charge is 0.289 e. The fraction of sp³-hybridized carbons (Fsp3) is 0. The lowest BCUT2D eigenvalue weighted by Crippen LogP contribution is -2.34. The summed E-state index contributed by atoms with van der Waals surface area (Å²) in [5, 5.41) is 9.12. The zero-order valence-electron chi connectivity index (χ0n) is 31.2. The number of aromatic nitrogens is 3. The lowest BCUT2D eigenvalue weighted by atomic mass is 9.94. The number of benzene rings is 9. The predicted octanol–water partition coefficient (Wildman–Crippen LogP) is 12.7. The van der Waals surface area contributed by atoms with Crippen LogP contribution in [-0.2, 0) is 4.57 Å². The molecular formula is C52H33N4OP. The van der Waals surface area contributed by atoms with E-state index in [1.807, 2.05) is 66.7 Å². The Hall–Kier alpha value is -7.33. The number of para-hydroxylation sites is 2. The van der Waals surface area contributed by atoms with Crippen LogP contribution >= 0.6 is 7.29 Å². The van der Waals surface area contributed by atoms with Crippen LogP contribution in [0.3, 0.4) is 0 Å². The normalized spacial score (nSPS) is 15.0. The molecule has 3 heterocycles. The molecule has 58 heavy (non-hydrogen) atoms. The quantitative estimate of drug-likeness (QED) is 0.168. The Balaban J connectivity index is 1.33. The van der Waals surface area contributed by atoms with Gasteiger partial charge in [-0.1, -0.05) is 158 Å². The van der Waals surface area contributed by atoms with E-state index in [1.165, 1.54) is 0 Å². The van der Waals surface area contributed by atoms with E-state index in [2.05, 4.69) is 143 Å². The average molecular weight is 761 g/mol. The monoisotopic (exact) mass is 760 g/mol. The highest BCUT2D eigenvalue weighted by Gasteiger charge is 2.45. The minimum Gasteiger partial charge on any atom is -0.289 e. The topological polar surface area (TPSA) is 51.0 Å². The molecule has 0 N–H and O–H groups in total. The number of anilines is 2. The van der Waals surface area contributed by atoms with Crippen molar-refractivity contribution in [3.05, 3.63) is 200 Å². The summed E-state index contributed by atoms with van der Waals surface area (Å²) in [6, 6.07) is 68.9. The van der Waals surface area contributed by atoms with Crippen molar-refractivity contribution in [2.75, 3.05) is 4.67 Å². The smallest absolute Gasteiger partial charge is 0.235 e. The van der Waals surface area contributed by atoms with Crippen LogP contribution in [-0.4, -0.2) is 14.5 Å². The van der Waals surface area contributed by atoms with Crippen LogP contribution in [0, 0.1) is 0 Å². The van der Waals surface area contributed by atoms with Crippen LogP contribution in [0.15, 0.2) is 200 Å². The summed E-state index contributed by atoms with van der Waals surface area (Å²) >= 11 is 0. The zero-order valence-corrected chi connectivity index (χ0v) is 32.1. The lowest BCUT2D eigenvalue weighted by molar-refractivity contribution is 0.587. The van der Waals surface area contributed by atoms with Gasteiger partial charge in [-0.05, 0) is 64.0 Å². The van der Waals surface area contributed by atoms with Crippen LogP contribution in [0.2, 0.25) is 0 Å². The molecule has 0 radical (unpaired) electrons. The van der Waals surface area contributed by atoms with E-state index in [-0.39, 0.29) is 0 Å². The van der Waals surface area contributed by atoms with Gasteiger partial charge in [0.05, 0.1) is 27.9 Å². The predicted molar refractivity (Wildman–Crippen MR) is 242 cm³/mol. The second-order valence-corrected chi connectivity index (χ2v) is 17.4.